The summed E-state index contributed by atoms with van der Waals surface area (Å²) in [6, 6.07) is 6.62. The van der Waals surface area contributed by atoms with Crippen molar-refractivity contribution in [3.05, 3.63) is 35.6 Å². The van der Waals surface area contributed by atoms with Gasteiger partial charge < -0.3 is 20.7 Å². The Labute approximate surface area is 134 Å². The van der Waals surface area contributed by atoms with E-state index in [2.05, 4.69) is 4.52 Å². The van der Waals surface area contributed by atoms with Gasteiger partial charge in [0, 0.05) is 32.3 Å². The van der Waals surface area contributed by atoms with E-state index in [1.807, 2.05) is 21.6 Å². The quantitative estimate of drug-likeness (QED) is 0.615. The molecule has 97 valence electrons. The predicted octanol–water partition coefficient (Wildman–Crippen LogP) is 1.32. The van der Waals surface area contributed by atoms with Crippen LogP contribution >= 0.6 is 9.47 Å². The fraction of sp³-hybridized carbons (Fsp3) is 0.364. The molecule has 5 nitrogen and oxygen atoms in total. The molecule has 1 aromatic rings. The standard InChI is InChI=1S/C11H16N2O3P.Pa/c12-5-6-15-9-3-1-8(2-4-9)7-10(13)11(14)16-17;/h1-4,10,12H,5-7,13,17H2;/q-1;. The Morgan fingerprint density at radius 2 is 2.00 bits per heavy atom. The molecule has 2 atom stereocenters. The molecule has 1 rings (SSSR count). The number of carbonyl (C=O) groups is 1. The summed E-state index contributed by atoms with van der Waals surface area (Å²) in [5, 5.41) is 0. The molecule has 0 aliphatic carbocycles. The first-order valence-electron chi connectivity index (χ1n) is 5.20. The molecule has 18 heavy (non-hydrogen) atoms. The molecule has 0 amide bonds. The molecule has 0 saturated heterocycles. The zero-order valence-corrected chi connectivity index (χ0v) is 15.9. The second-order valence-electron chi connectivity index (χ2n) is 3.49. The van der Waals surface area contributed by atoms with E-state index in [0.29, 0.717) is 18.8 Å². The van der Waals surface area contributed by atoms with Crippen LogP contribution in [0.15, 0.2) is 24.3 Å². The van der Waals surface area contributed by atoms with Crippen molar-refractivity contribution in [1.82, 2.24) is 0 Å². The van der Waals surface area contributed by atoms with Gasteiger partial charge in [-0.2, -0.15) is 0 Å². The van der Waals surface area contributed by atoms with Crippen LogP contribution in [0.25, 0.3) is 5.73 Å². The minimum absolute atomic E-state index is 0. The molecule has 1 aromatic carbocycles. The number of hydrogen-bond acceptors (Lipinski definition) is 4. The summed E-state index contributed by atoms with van der Waals surface area (Å²) in [6.07, 6.45) is 0.423. The maximum Gasteiger partial charge on any atom is 0.325 e. The molecule has 1 radical (unpaired) electrons. The Balaban J connectivity index is 0.00000289. The average molecular weight is 486 g/mol. The molecule has 0 bridgehead atoms. The first-order chi connectivity index (χ1) is 8.17. The monoisotopic (exact) mass is 486 g/mol. The van der Waals surface area contributed by atoms with Gasteiger partial charge in [0.25, 0.3) is 0 Å². The average Bonchev–Trinajstić information content (AvgIpc) is 2.37. The minimum atomic E-state index is -0.660. The fourth-order valence-electron chi connectivity index (χ4n) is 1.32. The largest absolute Gasteiger partial charge is 0.675 e. The Morgan fingerprint density at radius 1 is 1.39 bits per heavy atom. The van der Waals surface area contributed by atoms with Gasteiger partial charge in [-0.3, -0.25) is 4.79 Å². The molecular weight excluding hydrogens is 470 g/mol. The first-order valence-corrected chi connectivity index (χ1v) is 5.67. The number of hydrogen-bond donors (Lipinski definition) is 1. The smallest absolute Gasteiger partial charge is 0.325 e. The number of nitrogens with one attached hydrogen (secondary N) is 1. The minimum Gasteiger partial charge on any atom is -0.675 e. The summed E-state index contributed by atoms with van der Waals surface area (Å²) in [6.45, 7) is 0.602. The summed E-state index contributed by atoms with van der Waals surface area (Å²) >= 11 is 0. The molecule has 0 spiro atoms. The van der Waals surface area contributed by atoms with E-state index in [9.17, 15) is 4.79 Å². The molecule has 3 N–H and O–H groups in total. The summed E-state index contributed by atoms with van der Waals surface area (Å²) < 4.78 is 9.74. The second kappa shape index (κ2) is 9.81. The van der Waals surface area contributed by atoms with Crippen LogP contribution in [0.3, 0.4) is 0 Å². The van der Waals surface area contributed by atoms with Gasteiger partial charge >= 0.3 is 5.97 Å². The maximum absolute atomic E-state index is 11.1. The van der Waals surface area contributed by atoms with Crippen molar-refractivity contribution in [2.45, 2.75) is 12.5 Å². The van der Waals surface area contributed by atoms with Crippen molar-refractivity contribution in [2.24, 2.45) is 5.73 Å². The topological polar surface area (TPSA) is 85.4 Å². The van der Waals surface area contributed by atoms with Crippen LogP contribution in [-0.4, -0.2) is 25.2 Å². The molecular formula is C11H16N2O3PPa-. The van der Waals surface area contributed by atoms with Crippen molar-refractivity contribution in [3.8, 4) is 5.75 Å². The van der Waals surface area contributed by atoms with Gasteiger partial charge in [-0.05, 0) is 24.1 Å². The van der Waals surface area contributed by atoms with E-state index in [0.717, 1.165) is 5.56 Å². The van der Waals surface area contributed by atoms with Gasteiger partial charge in [0.05, 0.1) is 16.1 Å². The van der Waals surface area contributed by atoms with Gasteiger partial charge in [-0.15, -0.1) is 6.54 Å². The van der Waals surface area contributed by atoms with Crippen LogP contribution in [-0.2, 0) is 15.7 Å². The summed E-state index contributed by atoms with van der Waals surface area (Å²) in [4.78, 5) is 11.1. The van der Waals surface area contributed by atoms with E-state index >= 15 is 0 Å². The van der Waals surface area contributed by atoms with Crippen molar-refractivity contribution < 1.29 is 46.4 Å². The molecule has 0 heterocycles. The molecule has 0 aliphatic rings. The summed E-state index contributed by atoms with van der Waals surface area (Å²) in [7, 11) is 1.89. The van der Waals surface area contributed by atoms with Gasteiger partial charge in [0.15, 0.2) is 0 Å². The first kappa shape index (κ1) is 17.9. The molecule has 0 aliphatic heterocycles. The normalized spacial score (nSPS) is 11.3. The fourth-order valence-corrected chi connectivity index (χ4v) is 1.49. The van der Waals surface area contributed by atoms with Gasteiger partial charge in [0.1, 0.15) is 11.8 Å². The number of carbonyl (C=O) groups excluding carboxylic acids is 1. The third kappa shape index (κ3) is 6.20. The number of ether oxygens (including phenoxy) is 1. The molecule has 0 fully saturated rings. The summed E-state index contributed by atoms with van der Waals surface area (Å²) in [5.41, 5.74) is 13.5. The van der Waals surface area contributed by atoms with Crippen molar-refractivity contribution in [1.29, 1.82) is 0 Å². The third-order valence-corrected chi connectivity index (χ3v) is 2.40. The van der Waals surface area contributed by atoms with Crippen LogP contribution < -0.4 is 10.5 Å². The zero-order chi connectivity index (χ0) is 12.7. The van der Waals surface area contributed by atoms with Gasteiger partial charge in [-0.25, -0.2) is 0 Å². The van der Waals surface area contributed by atoms with Crippen molar-refractivity contribution in [3.63, 3.8) is 0 Å². The second-order valence-corrected chi connectivity index (χ2v) is 3.73. The Morgan fingerprint density at radius 3 is 2.50 bits per heavy atom. The predicted molar refractivity (Wildman–Crippen MR) is 68.6 cm³/mol. The van der Waals surface area contributed by atoms with Crippen LogP contribution in [0.2, 0.25) is 0 Å². The molecule has 0 saturated carbocycles. The Kier molecular flexibility index (Phi) is 9.77. The van der Waals surface area contributed by atoms with Crippen LogP contribution in [0.1, 0.15) is 5.56 Å². The van der Waals surface area contributed by atoms with E-state index < -0.39 is 12.0 Å². The molecule has 0 aromatic heterocycles. The van der Waals surface area contributed by atoms with Crippen molar-refractivity contribution >= 4 is 15.4 Å². The van der Waals surface area contributed by atoms with E-state index in [-0.39, 0.29) is 38.9 Å². The molecule has 7 heteroatoms. The van der Waals surface area contributed by atoms with E-state index in [1.54, 1.807) is 12.1 Å². The summed E-state index contributed by atoms with van der Waals surface area (Å²) in [5.74, 6) is 0.257. The van der Waals surface area contributed by atoms with Crippen LogP contribution in [0, 0.1) is 32.3 Å². The SMILES string of the molecule is [NH-]CCOc1ccc(CC(N)C(=O)OP)cc1.[Pa]. The number of benzene rings is 1. The van der Waals surface area contributed by atoms with E-state index in [4.69, 9.17) is 16.2 Å². The maximum atomic E-state index is 11.1. The Bertz CT molecular complexity index is 362. The Hall–Kier alpha value is -0.0691. The number of rotatable bonds is 6. The zero-order valence-electron chi connectivity index (χ0n) is 9.96. The third-order valence-electron chi connectivity index (χ3n) is 2.17. The molecule has 2 unspecified atom stereocenters. The van der Waals surface area contributed by atoms with E-state index in [1.165, 1.54) is 0 Å². The van der Waals surface area contributed by atoms with Crippen LogP contribution in [0.4, 0.5) is 0 Å². The van der Waals surface area contributed by atoms with Gasteiger partial charge in [-0.1, -0.05) is 12.1 Å². The van der Waals surface area contributed by atoms with Crippen LogP contribution in [0.5, 0.6) is 5.75 Å². The number of nitrogens with two attached hydrogens (primary N) is 1. The van der Waals surface area contributed by atoms with Gasteiger partial charge in [0.2, 0.25) is 0 Å². The van der Waals surface area contributed by atoms with Crippen molar-refractivity contribution in [2.75, 3.05) is 13.2 Å².